The molecule has 0 aliphatic carbocycles. The Balaban J connectivity index is 2.24. The van der Waals surface area contributed by atoms with E-state index in [9.17, 15) is 4.39 Å². The summed E-state index contributed by atoms with van der Waals surface area (Å²) in [6, 6.07) is 4.97. The Morgan fingerprint density at radius 3 is 3.00 bits per heavy atom. The topological polar surface area (TPSA) is 29.9 Å². The molecule has 0 aliphatic heterocycles. The molecule has 1 heterocycles. The Morgan fingerprint density at radius 2 is 2.29 bits per heavy atom. The summed E-state index contributed by atoms with van der Waals surface area (Å²) in [5.41, 5.74) is 1.40. The highest BCUT2D eigenvalue weighted by Gasteiger charge is 2.06. The van der Waals surface area contributed by atoms with E-state index in [1.54, 1.807) is 17.0 Å². The minimum atomic E-state index is -0.272. The molecule has 2 aromatic rings. The summed E-state index contributed by atoms with van der Waals surface area (Å²) in [5, 5.41) is 3.18. The molecule has 1 aromatic heterocycles. The van der Waals surface area contributed by atoms with Gasteiger partial charge < -0.3 is 9.88 Å². The number of imidazole rings is 1. The Kier molecular flexibility index (Phi) is 3.91. The fraction of sp³-hybridized carbons (Fsp3) is 0.250. The van der Waals surface area contributed by atoms with Gasteiger partial charge in [-0.2, -0.15) is 0 Å². The monoisotopic (exact) mass is 297 g/mol. The molecule has 0 saturated carbocycles. The zero-order valence-corrected chi connectivity index (χ0v) is 11.0. The smallest absolute Gasteiger partial charge is 0.148 e. The van der Waals surface area contributed by atoms with Crippen LogP contribution in [0.15, 0.2) is 35.2 Å². The Morgan fingerprint density at radius 1 is 1.47 bits per heavy atom. The molecule has 0 saturated heterocycles. The molecule has 0 unspecified atom stereocenters. The van der Waals surface area contributed by atoms with Gasteiger partial charge in [-0.1, -0.05) is 22.9 Å². The molecule has 2 rings (SSSR count). The van der Waals surface area contributed by atoms with E-state index in [0.29, 0.717) is 12.2 Å². The highest BCUT2D eigenvalue weighted by Crippen LogP contribution is 2.18. The molecule has 0 aliphatic rings. The van der Waals surface area contributed by atoms with Crippen LogP contribution in [-0.2, 0) is 6.54 Å². The van der Waals surface area contributed by atoms with Gasteiger partial charge in [0.1, 0.15) is 5.82 Å². The molecule has 17 heavy (non-hydrogen) atoms. The van der Waals surface area contributed by atoms with E-state index in [-0.39, 0.29) is 5.82 Å². The average Bonchev–Trinajstić information content (AvgIpc) is 2.75. The SMILES string of the molecule is CCNCc1cn(-c2ccc(Br)cc2F)cn1. The van der Waals surface area contributed by atoms with Crippen LogP contribution in [0.25, 0.3) is 5.69 Å². The molecule has 0 atom stereocenters. The van der Waals surface area contributed by atoms with Gasteiger partial charge in [0.05, 0.1) is 17.7 Å². The van der Waals surface area contributed by atoms with E-state index in [4.69, 9.17) is 0 Å². The van der Waals surface area contributed by atoms with Gasteiger partial charge in [-0.3, -0.25) is 0 Å². The summed E-state index contributed by atoms with van der Waals surface area (Å²) < 4.78 is 16.1. The molecule has 3 nitrogen and oxygen atoms in total. The van der Waals surface area contributed by atoms with Gasteiger partial charge in [-0.15, -0.1) is 0 Å². The summed E-state index contributed by atoms with van der Waals surface area (Å²) >= 11 is 3.23. The fourth-order valence-corrected chi connectivity index (χ4v) is 1.86. The van der Waals surface area contributed by atoms with Crippen molar-refractivity contribution in [1.82, 2.24) is 14.9 Å². The van der Waals surface area contributed by atoms with Crippen molar-refractivity contribution >= 4 is 15.9 Å². The molecule has 0 amide bonds. The zero-order valence-electron chi connectivity index (χ0n) is 9.45. The Labute approximate surface area is 108 Å². The summed E-state index contributed by atoms with van der Waals surface area (Å²) in [6.07, 6.45) is 3.45. The average molecular weight is 298 g/mol. The summed E-state index contributed by atoms with van der Waals surface area (Å²) in [5.74, 6) is -0.272. The maximum absolute atomic E-state index is 13.7. The predicted octanol–water partition coefficient (Wildman–Crippen LogP) is 2.88. The molecule has 0 bridgehead atoms. The van der Waals surface area contributed by atoms with Crippen LogP contribution >= 0.6 is 15.9 Å². The first-order valence-corrected chi connectivity index (χ1v) is 6.19. The van der Waals surface area contributed by atoms with Gasteiger partial charge in [0.2, 0.25) is 0 Å². The first-order valence-electron chi connectivity index (χ1n) is 5.39. The summed E-state index contributed by atoms with van der Waals surface area (Å²) in [4.78, 5) is 4.22. The van der Waals surface area contributed by atoms with E-state index in [2.05, 4.69) is 26.2 Å². The van der Waals surface area contributed by atoms with Crippen molar-refractivity contribution in [2.24, 2.45) is 0 Å². The number of aromatic nitrogens is 2. The van der Waals surface area contributed by atoms with Crippen molar-refractivity contribution in [3.05, 3.63) is 46.7 Å². The molecule has 0 spiro atoms. The maximum atomic E-state index is 13.7. The second-order valence-electron chi connectivity index (χ2n) is 3.65. The van der Waals surface area contributed by atoms with E-state index in [0.717, 1.165) is 16.7 Å². The molecule has 90 valence electrons. The number of nitrogens with zero attached hydrogens (tertiary/aromatic N) is 2. The van der Waals surface area contributed by atoms with Crippen LogP contribution in [0, 0.1) is 5.82 Å². The van der Waals surface area contributed by atoms with Crippen molar-refractivity contribution in [1.29, 1.82) is 0 Å². The lowest BCUT2D eigenvalue weighted by molar-refractivity contribution is 0.617. The van der Waals surface area contributed by atoms with Gasteiger partial charge in [0.15, 0.2) is 0 Å². The summed E-state index contributed by atoms with van der Waals surface area (Å²) in [6.45, 7) is 3.62. The summed E-state index contributed by atoms with van der Waals surface area (Å²) in [7, 11) is 0. The van der Waals surface area contributed by atoms with Crippen molar-refractivity contribution in [3.63, 3.8) is 0 Å². The standard InChI is InChI=1S/C12H13BrFN3/c1-2-15-6-10-7-17(8-16-10)12-4-3-9(13)5-11(12)14/h3-5,7-8,15H,2,6H2,1H3. The van der Waals surface area contributed by atoms with Gasteiger partial charge in [0.25, 0.3) is 0 Å². The fourth-order valence-electron chi connectivity index (χ4n) is 1.53. The highest BCUT2D eigenvalue weighted by atomic mass is 79.9. The third-order valence-corrected chi connectivity index (χ3v) is 2.87. The first-order chi connectivity index (χ1) is 8.20. The molecule has 5 heteroatoms. The molecular weight excluding hydrogens is 285 g/mol. The Hall–Kier alpha value is -1.20. The van der Waals surface area contributed by atoms with E-state index in [1.807, 2.05) is 19.2 Å². The quantitative estimate of drug-likeness (QED) is 0.940. The second kappa shape index (κ2) is 5.42. The maximum Gasteiger partial charge on any atom is 0.148 e. The molecular formula is C12H13BrFN3. The van der Waals surface area contributed by atoms with Crippen LogP contribution in [-0.4, -0.2) is 16.1 Å². The third-order valence-electron chi connectivity index (χ3n) is 2.38. The van der Waals surface area contributed by atoms with Crippen molar-refractivity contribution in [3.8, 4) is 5.69 Å². The first kappa shape index (κ1) is 12.3. The molecule has 1 aromatic carbocycles. The second-order valence-corrected chi connectivity index (χ2v) is 4.56. The zero-order chi connectivity index (χ0) is 12.3. The van der Waals surface area contributed by atoms with Gasteiger partial charge >= 0.3 is 0 Å². The minimum Gasteiger partial charge on any atom is -0.311 e. The number of halogens is 2. The predicted molar refractivity (Wildman–Crippen MR) is 68.6 cm³/mol. The van der Waals surface area contributed by atoms with Crippen LogP contribution in [0.1, 0.15) is 12.6 Å². The lowest BCUT2D eigenvalue weighted by Crippen LogP contribution is -2.11. The number of nitrogens with one attached hydrogen (secondary N) is 1. The number of rotatable bonds is 4. The van der Waals surface area contributed by atoms with Crippen molar-refractivity contribution < 1.29 is 4.39 Å². The number of benzene rings is 1. The van der Waals surface area contributed by atoms with Crippen LogP contribution in [0.3, 0.4) is 0 Å². The molecule has 0 fully saturated rings. The molecule has 1 N–H and O–H groups in total. The number of hydrogen-bond donors (Lipinski definition) is 1. The lowest BCUT2D eigenvalue weighted by Gasteiger charge is -2.03. The van der Waals surface area contributed by atoms with Crippen LogP contribution in [0.2, 0.25) is 0 Å². The molecule has 0 radical (unpaired) electrons. The van der Waals surface area contributed by atoms with E-state index >= 15 is 0 Å². The van der Waals surface area contributed by atoms with Crippen LogP contribution < -0.4 is 5.32 Å². The third kappa shape index (κ3) is 2.92. The lowest BCUT2D eigenvalue weighted by atomic mass is 10.3. The van der Waals surface area contributed by atoms with E-state index in [1.165, 1.54) is 6.07 Å². The largest absolute Gasteiger partial charge is 0.311 e. The Bertz CT molecular complexity index is 510. The van der Waals surface area contributed by atoms with Crippen LogP contribution in [0.4, 0.5) is 4.39 Å². The highest BCUT2D eigenvalue weighted by molar-refractivity contribution is 9.10. The van der Waals surface area contributed by atoms with Gasteiger partial charge in [-0.05, 0) is 24.7 Å². The van der Waals surface area contributed by atoms with Gasteiger partial charge in [-0.25, -0.2) is 9.37 Å². The van der Waals surface area contributed by atoms with Gasteiger partial charge in [0, 0.05) is 17.2 Å². The van der Waals surface area contributed by atoms with E-state index < -0.39 is 0 Å². The van der Waals surface area contributed by atoms with Crippen LogP contribution in [0.5, 0.6) is 0 Å². The normalized spacial score (nSPS) is 10.8. The number of hydrogen-bond acceptors (Lipinski definition) is 2. The minimum absolute atomic E-state index is 0.272. The van der Waals surface area contributed by atoms with Crippen molar-refractivity contribution in [2.45, 2.75) is 13.5 Å². The van der Waals surface area contributed by atoms with Crippen molar-refractivity contribution in [2.75, 3.05) is 6.54 Å².